The molecule has 0 radical (unpaired) electrons. The molecule has 0 aliphatic rings. The number of benzene rings is 1. The monoisotopic (exact) mass is 279 g/mol. The average Bonchev–Trinajstić information content (AvgIpc) is 2.11. The normalized spacial score (nSPS) is 12.7. The second kappa shape index (κ2) is 6.62. The third kappa shape index (κ3) is 8.98. The molecule has 1 aromatic rings. The maximum atomic E-state index is 9.45. The number of para-hydroxylation sites is 1. The van der Waals surface area contributed by atoms with E-state index in [2.05, 4.69) is 67.6 Å². The lowest BCUT2D eigenvalue weighted by Gasteiger charge is -2.31. The summed E-state index contributed by atoms with van der Waals surface area (Å²) in [6, 6.07) is 7.46. The van der Waals surface area contributed by atoms with Crippen LogP contribution in [0.5, 0.6) is 5.75 Å². The van der Waals surface area contributed by atoms with Gasteiger partial charge in [-0.15, -0.1) is 0 Å². The summed E-state index contributed by atoms with van der Waals surface area (Å²) >= 11 is 0. The fourth-order valence-corrected chi connectivity index (χ4v) is 2.23. The van der Waals surface area contributed by atoms with E-state index in [1.807, 2.05) is 18.2 Å². The maximum Gasteiger partial charge on any atom is 0.119 e. The molecule has 20 heavy (non-hydrogen) atoms. The van der Waals surface area contributed by atoms with Crippen LogP contribution in [-0.4, -0.2) is 16.2 Å². The van der Waals surface area contributed by atoms with E-state index in [1.54, 1.807) is 6.07 Å². The van der Waals surface area contributed by atoms with E-state index in [0.717, 1.165) is 5.56 Å². The first-order valence-corrected chi connectivity index (χ1v) is 7.30. The molecule has 2 N–H and O–H groups in total. The summed E-state index contributed by atoms with van der Waals surface area (Å²) in [7, 11) is 0. The smallest absolute Gasteiger partial charge is 0.119 e. The quantitative estimate of drug-likeness (QED) is 0.710. The highest BCUT2D eigenvalue weighted by atomic mass is 16.3. The molecule has 1 rings (SSSR count). The van der Waals surface area contributed by atoms with Gasteiger partial charge in [0, 0.05) is 11.1 Å². The minimum absolute atomic E-state index is 0.0331. The summed E-state index contributed by atoms with van der Waals surface area (Å²) in [6.45, 7) is 19.3. The van der Waals surface area contributed by atoms with E-state index < -0.39 is 0 Å². The third-order valence-electron chi connectivity index (χ3n) is 2.46. The molecule has 116 valence electrons. The van der Waals surface area contributed by atoms with Crippen molar-refractivity contribution < 1.29 is 5.11 Å². The van der Waals surface area contributed by atoms with Crippen LogP contribution in [0.3, 0.4) is 0 Å². The van der Waals surface area contributed by atoms with Crippen molar-refractivity contribution in [2.75, 3.05) is 0 Å². The highest BCUT2D eigenvalue weighted by Gasteiger charge is 2.18. The molecule has 0 atom stereocenters. The Bertz CT molecular complexity index is 391. The van der Waals surface area contributed by atoms with E-state index in [0.29, 0.717) is 5.75 Å². The van der Waals surface area contributed by atoms with Crippen LogP contribution >= 0.6 is 0 Å². The molecular formula is C18H33NO. The van der Waals surface area contributed by atoms with Crippen molar-refractivity contribution >= 4 is 0 Å². The fraction of sp³-hybridized carbons (Fsp3) is 0.667. The zero-order valence-corrected chi connectivity index (χ0v) is 14.8. The number of phenolic OH excluding ortho intramolecular Hbond substituents is 1. The molecule has 0 fully saturated rings. The van der Waals surface area contributed by atoms with Gasteiger partial charge in [-0.05, 0) is 58.6 Å². The van der Waals surface area contributed by atoms with E-state index in [-0.39, 0.29) is 16.5 Å². The van der Waals surface area contributed by atoms with Gasteiger partial charge in [0.25, 0.3) is 0 Å². The molecule has 0 saturated heterocycles. The van der Waals surface area contributed by atoms with Crippen molar-refractivity contribution in [3.63, 3.8) is 0 Å². The van der Waals surface area contributed by atoms with Crippen LogP contribution in [0.15, 0.2) is 24.3 Å². The van der Waals surface area contributed by atoms with Crippen LogP contribution in [0.25, 0.3) is 0 Å². The van der Waals surface area contributed by atoms with Gasteiger partial charge in [0.05, 0.1) is 0 Å². The van der Waals surface area contributed by atoms with E-state index in [9.17, 15) is 5.11 Å². The largest absolute Gasteiger partial charge is 0.508 e. The Labute approximate surface area is 125 Å². The number of nitrogens with one attached hydrogen (secondary N) is 1. The molecule has 0 aliphatic carbocycles. The minimum Gasteiger partial charge on any atom is -0.508 e. The van der Waals surface area contributed by atoms with E-state index >= 15 is 0 Å². The number of hydrogen-bond donors (Lipinski definition) is 2. The average molecular weight is 279 g/mol. The van der Waals surface area contributed by atoms with Gasteiger partial charge in [0.2, 0.25) is 0 Å². The summed E-state index contributed by atoms with van der Waals surface area (Å²) < 4.78 is 0. The second-order valence-corrected chi connectivity index (χ2v) is 8.39. The molecule has 0 amide bonds. The molecule has 0 aromatic heterocycles. The summed E-state index contributed by atoms with van der Waals surface area (Å²) in [5, 5.41) is 12.9. The molecule has 0 aliphatic heterocycles. The van der Waals surface area contributed by atoms with Gasteiger partial charge >= 0.3 is 0 Å². The van der Waals surface area contributed by atoms with Gasteiger partial charge in [-0.1, -0.05) is 39.0 Å². The molecular weight excluding hydrogens is 246 g/mol. The van der Waals surface area contributed by atoms with Gasteiger partial charge in [0.1, 0.15) is 5.75 Å². The number of aromatic hydroxyl groups is 1. The molecule has 0 spiro atoms. The Morgan fingerprint density at radius 2 is 1.15 bits per heavy atom. The van der Waals surface area contributed by atoms with Crippen LogP contribution in [-0.2, 0) is 5.41 Å². The standard InChI is InChI=1S/C10H14O.C8H19N/c1-10(2,3)8-6-4-5-7-9(8)11;1-7(2,3)9-8(4,5)6/h4-7,11H,1-3H3;9H,1-6H3. The first kappa shape index (κ1) is 19.0. The lowest BCUT2D eigenvalue weighted by atomic mass is 9.86. The van der Waals surface area contributed by atoms with Crippen LogP contribution in [0, 0.1) is 0 Å². The molecule has 2 nitrogen and oxygen atoms in total. The first-order valence-electron chi connectivity index (χ1n) is 7.30. The van der Waals surface area contributed by atoms with Crippen LogP contribution < -0.4 is 5.32 Å². The SMILES string of the molecule is CC(C)(C)NC(C)(C)C.CC(C)(C)c1ccccc1O. The maximum absolute atomic E-state index is 9.45. The van der Waals surface area contributed by atoms with Crippen molar-refractivity contribution in [2.24, 2.45) is 0 Å². The molecule has 0 unspecified atom stereocenters. The summed E-state index contributed by atoms with van der Waals surface area (Å²) in [5.74, 6) is 0.389. The van der Waals surface area contributed by atoms with Gasteiger partial charge in [-0.2, -0.15) is 0 Å². The van der Waals surface area contributed by atoms with Crippen LogP contribution in [0.1, 0.15) is 67.9 Å². The van der Waals surface area contributed by atoms with Crippen molar-refractivity contribution in [2.45, 2.75) is 78.8 Å². The van der Waals surface area contributed by atoms with Crippen LogP contribution in [0.2, 0.25) is 0 Å². The predicted molar refractivity (Wildman–Crippen MR) is 89.4 cm³/mol. The molecule has 2 heteroatoms. The summed E-state index contributed by atoms with van der Waals surface area (Å²) in [5.41, 5.74) is 1.50. The molecule has 0 heterocycles. The molecule has 0 saturated carbocycles. The van der Waals surface area contributed by atoms with Gasteiger partial charge in [0.15, 0.2) is 0 Å². The Kier molecular flexibility index (Phi) is 6.28. The molecule has 0 bridgehead atoms. The summed E-state index contributed by atoms with van der Waals surface area (Å²) in [4.78, 5) is 0. The van der Waals surface area contributed by atoms with Crippen molar-refractivity contribution in [1.82, 2.24) is 5.32 Å². The van der Waals surface area contributed by atoms with Gasteiger partial charge in [-0.25, -0.2) is 0 Å². The first-order chi connectivity index (χ1) is 8.72. The fourth-order valence-electron chi connectivity index (χ4n) is 2.23. The highest BCUT2D eigenvalue weighted by molar-refractivity contribution is 5.36. The zero-order valence-electron chi connectivity index (χ0n) is 14.8. The second-order valence-electron chi connectivity index (χ2n) is 8.39. The lowest BCUT2D eigenvalue weighted by Crippen LogP contribution is -2.48. The van der Waals surface area contributed by atoms with E-state index in [4.69, 9.17) is 0 Å². The lowest BCUT2D eigenvalue weighted by molar-refractivity contribution is 0.303. The van der Waals surface area contributed by atoms with Crippen molar-refractivity contribution in [3.8, 4) is 5.75 Å². The van der Waals surface area contributed by atoms with Crippen molar-refractivity contribution in [3.05, 3.63) is 29.8 Å². The number of rotatable bonds is 0. The molecule has 1 aromatic carbocycles. The van der Waals surface area contributed by atoms with Gasteiger partial charge in [-0.3, -0.25) is 0 Å². The minimum atomic E-state index is 0.0331. The van der Waals surface area contributed by atoms with Crippen LogP contribution in [0.4, 0.5) is 0 Å². The third-order valence-corrected chi connectivity index (χ3v) is 2.46. The van der Waals surface area contributed by atoms with E-state index in [1.165, 1.54) is 0 Å². The number of phenols is 1. The Morgan fingerprint density at radius 1 is 0.750 bits per heavy atom. The topological polar surface area (TPSA) is 32.3 Å². The Hall–Kier alpha value is -1.02. The highest BCUT2D eigenvalue weighted by Crippen LogP contribution is 2.29. The van der Waals surface area contributed by atoms with Crippen molar-refractivity contribution in [1.29, 1.82) is 0 Å². The zero-order chi connectivity index (χ0) is 16.2. The Morgan fingerprint density at radius 3 is 1.35 bits per heavy atom. The predicted octanol–water partition coefficient (Wildman–Crippen LogP) is 4.86. The Balaban J connectivity index is 0.000000370. The summed E-state index contributed by atoms with van der Waals surface area (Å²) in [6.07, 6.45) is 0. The van der Waals surface area contributed by atoms with Gasteiger partial charge < -0.3 is 10.4 Å². The number of hydrogen-bond acceptors (Lipinski definition) is 2.